The fraction of sp³-hybridized carbons (Fsp3) is 0.538. The van der Waals surface area contributed by atoms with Crippen LogP contribution in [0.3, 0.4) is 0 Å². The van der Waals surface area contributed by atoms with Crippen LogP contribution in [0.25, 0.3) is 0 Å². The molecule has 1 aliphatic rings. The number of rotatable bonds is 3. The molecule has 1 aromatic rings. The molecule has 0 bridgehead atoms. The van der Waals surface area contributed by atoms with E-state index in [-0.39, 0.29) is 11.8 Å². The van der Waals surface area contributed by atoms with Crippen molar-refractivity contribution in [3.05, 3.63) is 24.0 Å². The van der Waals surface area contributed by atoms with Crippen molar-refractivity contribution in [3.63, 3.8) is 0 Å². The molecule has 1 aromatic heterocycles. The second-order valence-electron chi connectivity index (χ2n) is 4.41. The van der Waals surface area contributed by atoms with Gasteiger partial charge in [-0.2, -0.15) is 0 Å². The van der Waals surface area contributed by atoms with Gasteiger partial charge in [0.05, 0.1) is 6.10 Å². The summed E-state index contributed by atoms with van der Waals surface area (Å²) >= 11 is 0. The van der Waals surface area contributed by atoms with E-state index in [0.29, 0.717) is 5.75 Å². The molecule has 0 unspecified atom stereocenters. The van der Waals surface area contributed by atoms with E-state index in [1.54, 1.807) is 6.07 Å². The van der Waals surface area contributed by atoms with Gasteiger partial charge in [0.1, 0.15) is 5.75 Å². The summed E-state index contributed by atoms with van der Waals surface area (Å²) < 4.78 is 5.82. The van der Waals surface area contributed by atoms with Crippen LogP contribution in [0.15, 0.2) is 18.3 Å². The van der Waals surface area contributed by atoms with Crippen molar-refractivity contribution < 1.29 is 14.6 Å². The quantitative estimate of drug-likeness (QED) is 0.818. The van der Waals surface area contributed by atoms with Gasteiger partial charge in [0.25, 0.3) is 0 Å². The van der Waals surface area contributed by atoms with Gasteiger partial charge in [0.2, 0.25) is 0 Å². The van der Waals surface area contributed by atoms with E-state index in [1.165, 1.54) is 37.9 Å². The molecule has 0 atom stereocenters. The highest BCUT2D eigenvalue weighted by atomic mass is 16.5. The summed E-state index contributed by atoms with van der Waals surface area (Å²) in [5.74, 6) is -0.402. The van der Waals surface area contributed by atoms with Crippen molar-refractivity contribution in [1.82, 2.24) is 4.98 Å². The molecule has 1 N–H and O–H groups in total. The zero-order chi connectivity index (χ0) is 12.1. The third-order valence-corrected chi connectivity index (χ3v) is 3.06. The largest absolute Gasteiger partial charge is 0.490 e. The minimum absolute atomic E-state index is 0.0381. The first kappa shape index (κ1) is 11.9. The number of carboxylic acids is 1. The van der Waals surface area contributed by atoms with E-state index in [0.717, 1.165) is 12.8 Å². The van der Waals surface area contributed by atoms with E-state index >= 15 is 0 Å². The highest BCUT2D eigenvalue weighted by Gasteiger charge is 2.14. The van der Waals surface area contributed by atoms with E-state index in [4.69, 9.17) is 9.84 Å². The Hall–Kier alpha value is -1.58. The predicted octanol–water partition coefficient (Wildman–Crippen LogP) is 2.88. The van der Waals surface area contributed by atoms with Crippen LogP contribution in [-0.2, 0) is 0 Å². The van der Waals surface area contributed by atoms with Gasteiger partial charge in [0, 0.05) is 12.3 Å². The number of aromatic carboxylic acids is 1. The van der Waals surface area contributed by atoms with Crippen LogP contribution >= 0.6 is 0 Å². The molecule has 1 heterocycles. The Morgan fingerprint density at radius 3 is 2.65 bits per heavy atom. The molecule has 0 radical (unpaired) electrons. The summed E-state index contributed by atoms with van der Waals surface area (Å²) in [6.45, 7) is 0. The van der Waals surface area contributed by atoms with Gasteiger partial charge in [-0.15, -0.1) is 0 Å². The molecule has 0 saturated heterocycles. The minimum atomic E-state index is -1.02. The Morgan fingerprint density at radius 1 is 1.29 bits per heavy atom. The highest BCUT2D eigenvalue weighted by Crippen LogP contribution is 2.22. The molecule has 1 aliphatic carbocycles. The molecular weight excluding hydrogens is 218 g/mol. The van der Waals surface area contributed by atoms with Crippen molar-refractivity contribution in [3.8, 4) is 5.75 Å². The average Bonchev–Trinajstić information content (AvgIpc) is 2.58. The van der Waals surface area contributed by atoms with Gasteiger partial charge in [-0.3, -0.25) is 0 Å². The van der Waals surface area contributed by atoms with E-state index in [1.807, 2.05) is 0 Å². The maximum Gasteiger partial charge on any atom is 0.354 e. The summed E-state index contributed by atoms with van der Waals surface area (Å²) in [5.41, 5.74) is 0.0381. The van der Waals surface area contributed by atoms with E-state index in [9.17, 15) is 4.79 Å². The molecule has 0 spiro atoms. The molecule has 4 nitrogen and oxygen atoms in total. The van der Waals surface area contributed by atoms with Gasteiger partial charge in [-0.25, -0.2) is 9.78 Å². The van der Waals surface area contributed by atoms with Crippen LogP contribution in [0.2, 0.25) is 0 Å². The highest BCUT2D eigenvalue weighted by molar-refractivity contribution is 5.85. The van der Waals surface area contributed by atoms with Gasteiger partial charge >= 0.3 is 5.97 Å². The number of ether oxygens (including phenoxy) is 1. The Bertz CT molecular complexity index is 384. The zero-order valence-electron chi connectivity index (χ0n) is 9.76. The molecule has 17 heavy (non-hydrogen) atoms. The lowest BCUT2D eigenvalue weighted by Crippen LogP contribution is -2.15. The molecule has 1 saturated carbocycles. The summed E-state index contributed by atoms with van der Waals surface area (Å²) in [4.78, 5) is 14.6. The third kappa shape index (κ3) is 3.44. The summed E-state index contributed by atoms with van der Waals surface area (Å²) in [6, 6.07) is 3.21. The molecule has 2 rings (SSSR count). The van der Waals surface area contributed by atoms with E-state index in [2.05, 4.69) is 4.98 Å². The monoisotopic (exact) mass is 235 g/mol. The Kier molecular flexibility index (Phi) is 3.96. The first-order valence-electron chi connectivity index (χ1n) is 6.12. The summed E-state index contributed by atoms with van der Waals surface area (Å²) in [6.07, 6.45) is 8.77. The SMILES string of the molecule is O=C(O)c1cc(OC2CCCCCC2)ccn1. The molecule has 0 aromatic carbocycles. The maximum absolute atomic E-state index is 10.8. The maximum atomic E-state index is 10.8. The lowest BCUT2D eigenvalue weighted by molar-refractivity contribution is 0.0689. The van der Waals surface area contributed by atoms with Gasteiger partial charge < -0.3 is 9.84 Å². The minimum Gasteiger partial charge on any atom is -0.490 e. The van der Waals surface area contributed by atoms with Gasteiger partial charge in [-0.05, 0) is 31.7 Å². The fourth-order valence-corrected chi connectivity index (χ4v) is 2.15. The Balaban J connectivity index is 2.01. The molecular formula is C13H17NO3. The third-order valence-electron chi connectivity index (χ3n) is 3.06. The normalized spacial score (nSPS) is 17.4. The number of nitrogens with zero attached hydrogens (tertiary/aromatic N) is 1. The zero-order valence-corrected chi connectivity index (χ0v) is 9.76. The first-order valence-corrected chi connectivity index (χ1v) is 6.12. The van der Waals surface area contributed by atoms with Gasteiger partial charge in [0.15, 0.2) is 5.69 Å². The number of aromatic nitrogens is 1. The number of carboxylic acid groups (broad SMARTS) is 1. The average molecular weight is 235 g/mol. The van der Waals surface area contributed by atoms with Crippen LogP contribution in [-0.4, -0.2) is 22.2 Å². The summed E-state index contributed by atoms with van der Waals surface area (Å²) in [7, 11) is 0. The van der Waals surface area contributed by atoms with Crippen LogP contribution < -0.4 is 4.74 Å². The van der Waals surface area contributed by atoms with Crippen molar-refractivity contribution in [2.75, 3.05) is 0 Å². The summed E-state index contributed by atoms with van der Waals surface area (Å²) in [5, 5.41) is 8.84. The topological polar surface area (TPSA) is 59.4 Å². The van der Waals surface area contributed by atoms with Crippen LogP contribution in [0.5, 0.6) is 5.75 Å². The van der Waals surface area contributed by atoms with Crippen molar-refractivity contribution in [2.24, 2.45) is 0 Å². The molecule has 92 valence electrons. The molecule has 1 fully saturated rings. The van der Waals surface area contributed by atoms with Crippen LogP contribution in [0, 0.1) is 0 Å². The van der Waals surface area contributed by atoms with Crippen molar-refractivity contribution >= 4 is 5.97 Å². The second-order valence-corrected chi connectivity index (χ2v) is 4.41. The fourth-order valence-electron chi connectivity index (χ4n) is 2.15. The number of hydrogen-bond donors (Lipinski definition) is 1. The Labute approximate surface area is 101 Å². The molecule has 0 aliphatic heterocycles. The van der Waals surface area contributed by atoms with Crippen LogP contribution in [0.4, 0.5) is 0 Å². The van der Waals surface area contributed by atoms with Crippen LogP contribution in [0.1, 0.15) is 49.0 Å². The van der Waals surface area contributed by atoms with E-state index < -0.39 is 5.97 Å². The number of hydrogen-bond acceptors (Lipinski definition) is 3. The number of carbonyl (C=O) groups is 1. The number of pyridine rings is 1. The Morgan fingerprint density at radius 2 is 2.00 bits per heavy atom. The lowest BCUT2D eigenvalue weighted by Gasteiger charge is -2.16. The predicted molar refractivity (Wildman–Crippen MR) is 63.3 cm³/mol. The molecule has 0 amide bonds. The van der Waals surface area contributed by atoms with Gasteiger partial charge in [-0.1, -0.05) is 12.8 Å². The van der Waals surface area contributed by atoms with Crippen molar-refractivity contribution in [2.45, 2.75) is 44.6 Å². The van der Waals surface area contributed by atoms with Crippen molar-refractivity contribution in [1.29, 1.82) is 0 Å². The smallest absolute Gasteiger partial charge is 0.354 e. The second kappa shape index (κ2) is 5.66. The first-order chi connectivity index (χ1) is 8.25. The standard InChI is InChI=1S/C13H17NO3/c15-13(16)12-9-11(7-8-14-12)17-10-5-3-1-2-4-6-10/h7-10H,1-6H2,(H,15,16). The lowest BCUT2D eigenvalue weighted by atomic mass is 10.1. The molecule has 4 heteroatoms.